The van der Waals surface area contributed by atoms with Crippen molar-refractivity contribution in [1.29, 1.82) is 0 Å². The molecule has 0 unspecified atom stereocenters. The van der Waals surface area contributed by atoms with Crippen LogP contribution in [0.1, 0.15) is 31.1 Å². The number of nitrogens with zero attached hydrogens (tertiary/aromatic N) is 4. The Morgan fingerprint density at radius 3 is 1.69 bits per heavy atom. The van der Waals surface area contributed by atoms with E-state index in [1.54, 1.807) is 18.2 Å². The van der Waals surface area contributed by atoms with Crippen molar-refractivity contribution in [2.45, 2.75) is 4.90 Å². The van der Waals surface area contributed by atoms with Gasteiger partial charge in [-0.1, -0.05) is 12.1 Å². The molecule has 6 aromatic rings. The Labute approximate surface area is 310 Å². The first-order chi connectivity index (χ1) is 26.2. The average molecular weight is 766 g/mol. The summed E-state index contributed by atoms with van der Waals surface area (Å²) in [6.45, 7) is 0. The van der Waals surface area contributed by atoms with E-state index in [9.17, 15) is 42.7 Å². The molecule has 17 nitrogen and oxygen atoms in total. The number of phenols is 1. The summed E-state index contributed by atoms with van der Waals surface area (Å²) in [7, 11) is -2.36. The number of aromatic hydroxyl groups is 1. The first-order valence-electron chi connectivity index (χ1n) is 15.7. The molecule has 278 valence electrons. The van der Waals surface area contributed by atoms with Gasteiger partial charge in [0.15, 0.2) is 5.75 Å². The zero-order valence-corrected chi connectivity index (χ0v) is 29.3. The maximum absolute atomic E-state index is 12.5. The predicted octanol–water partition coefficient (Wildman–Crippen LogP) is 8.63. The Bertz CT molecular complexity index is 2730. The van der Waals surface area contributed by atoms with Crippen LogP contribution in [0.2, 0.25) is 0 Å². The summed E-state index contributed by atoms with van der Waals surface area (Å²) in [6, 6.07) is 20.9. The number of fused-ring (bicyclic) bond motifs is 2. The maximum atomic E-state index is 12.5. The molecule has 0 atom stereocenters. The molecule has 0 aromatic heterocycles. The molecule has 0 heterocycles. The van der Waals surface area contributed by atoms with Crippen LogP contribution in [0.3, 0.4) is 0 Å². The molecule has 0 bridgehead atoms. The van der Waals surface area contributed by atoms with Crippen molar-refractivity contribution in [3.05, 3.63) is 108 Å². The van der Waals surface area contributed by atoms with Crippen LogP contribution in [0.5, 0.6) is 17.2 Å². The molecule has 0 aliphatic rings. The fraction of sp³-hybridized carbons (Fsp3) is 0.0541. The lowest BCUT2D eigenvalue weighted by Gasteiger charge is -2.12. The van der Waals surface area contributed by atoms with Gasteiger partial charge in [0.05, 0.1) is 36.6 Å². The van der Waals surface area contributed by atoms with Gasteiger partial charge in [-0.05, 0) is 77.5 Å². The normalized spacial score (nSPS) is 11.7. The van der Waals surface area contributed by atoms with Crippen molar-refractivity contribution in [2.24, 2.45) is 20.5 Å². The summed E-state index contributed by atoms with van der Waals surface area (Å²) < 4.78 is 45.9. The number of ether oxygens (including phenoxy) is 2. The van der Waals surface area contributed by atoms with Crippen molar-refractivity contribution in [1.82, 2.24) is 0 Å². The summed E-state index contributed by atoms with van der Waals surface area (Å²) in [6.07, 6.45) is 0. The lowest BCUT2D eigenvalue weighted by atomic mass is 10.0. The van der Waals surface area contributed by atoms with Crippen LogP contribution in [-0.4, -0.2) is 65.5 Å². The average Bonchev–Trinajstić information content (AvgIpc) is 3.15. The highest BCUT2D eigenvalue weighted by atomic mass is 32.2. The van der Waals surface area contributed by atoms with Gasteiger partial charge in [-0.25, -0.2) is 14.4 Å². The topological polar surface area (TPSA) is 266 Å². The van der Waals surface area contributed by atoms with Crippen molar-refractivity contribution < 1.29 is 57.3 Å². The lowest BCUT2D eigenvalue weighted by molar-refractivity contribution is 0.0686. The van der Waals surface area contributed by atoms with Crippen molar-refractivity contribution in [3.63, 3.8) is 0 Å². The van der Waals surface area contributed by atoms with Gasteiger partial charge < -0.3 is 35.2 Å². The Morgan fingerprint density at radius 1 is 0.582 bits per heavy atom. The summed E-state index contributed by atoms with van der Waals surface area (Å²) in [5, 5.41) is 60.2. The first-order valence-corrected chi connectivity index (χ1v) is 17.1. The van der Waals surface area contributed by atoms with Crippen LogP contribution in [0.25, 0.3) is 21.5 Å². The molecular formula is C37H27N5O12S. The van der Waals surface area contributed by atoms with E-state index >= 15 is 0 Å². The van der Waals surface area contributed by atoms with Gasteiger partial charge in [0.25, 0.3) is 10.1 Å². The number of aromatic carboxylic acids is 3. The Kier molecular flexibility index (Phi) is 10.1. The van der Waals surface area contributed by atoms with Crippen LogP contribution in [0.4, 0.5) is 34.1 Å². The number of carboxylic acid groups (broad SMARTS) is 3. The minimum absolute atomic E-state index is 0.0184. The van der Waals surface area contributed by atoms with Gasteiger partial charge in [0.2, 0.25) is 0 Å². The van der Waals surface area contributed by atoms with Gasteiger partial charge in [-0.15, -0.1) is 20.5 Å². The van der Waals surface area contributed by atoms with Gasteiger partial charge in [-0.3, -0.25) is 4.55 Å². The molecule has 6 aromatic carbocycles. The largest absolute Gasteiger partial charge is 0.505 e. The molecule has 18 heteroatoms. The molecule has 0 amide bonds. The van der Waals surface area contributed by atoms with E-state index in [4.69, 9.17) is 14.6 Å². The summed E-state index contributed by atoms with van der Waals surface area (Å²) in [4.78, 5) is 33.9. The van der Waals surface area contributed by atoms with Crippen molar-refractivity contribution in [2.75, 3.05) is 19.5 Å². The number of carbonyl (C=O) groups is 3. The van der Waals surface area contributed by atoms with Crippen LogP contribution < -0.4 is 14.8 Å². The standard InChI is InChI=1S/C37H27N5O12S/c1-53-30-17-29(31(54-2)16-28(30)40-39-27-13-22(37(48)49)11-19-3-4-21(36(46)47)12-25(19)27)41-42-33-32(55(50,51)52)14-20-7-10-24(15-26(20)34(33)43)38-23-8-5-18(6-9-23)35(44)45/h3-17,38,43H,1-2H3,(H,44,45)(H,46,47)(H,48,49)(H,50,51,52). The SMILES string of the molecule is COc1cc(N=Nc2cc(C(=O)O)cc3ccc(C(=O)O)cc23)c(OC)cc1N=Nc1c(S(=O)(=O)O)cc2ccc(Nc3ccc(C(=O)O)cc3)cc2c1O. The number of hydrogen-bond acceptors (Lipinski definition) is 13. The summed E-state index contributed by atoms with van der Waals surface area (Å²) in [5.41, 5.74) is 0.331. The second-order valence-electron chi connectivity index (χ2n) is 11.6. The van der Waals surface area contributed by atoms with Crippen molar-refractivity contribution in [3.8, 4) is 17.2 Å². The van der Waals surface area contributed by atoms with E-state index in [-0.39, 0.29) is 56.0 Å². The van der Waals surface area contributed by atoms with Crippen LogP contribution >= 0.6 is 0 Å². The zero-order valence-electron chi connectivity index (χ0n) is 28.5. The molecule has 0 radical (unpaired) electrons. The van der Waals surface area contributed by atoms with Gasteiger partial charge in [0, 0.05) is 34.3 Å². The van der Waals surface area contributed by atoms with E-state index in [0.29, 0.717) is 22.1 Å². The molecule has 0 aliphatic heterocycles. The third kappa shape index (κ3) is 7.84. The Hall–Kier alpha value is -7.44. The molecular weight excluding hydrogens is 738 g/mol. The second-order valence-corrected chi connectivity index (χ2v) is 13.0. The highest BCUT2D eigenvalue weighted by Gasteiger charge is 2.23. The molecule has 0 aliphatic carbocycles. The Balaban J connectivity index is 1.40. The number of nitrogens with one attached hydrogen (secondary N) is 1. The number of methoxy groups -OCH3 is 2. The number of carboxylic acids is 3. The fourth-order valence-corrected chi connectivity index (χ4v) is 6.14. The van der Waals surface area contributed by atoms with Crippen LogP contribution in [0, 0.1) is 0 Å². The minimum atomic E-state index is -4.95. The molecule has 0 saturated heterocycles. The summed E-state index contributed by atoms with van der Waals surface area (Å²) in [5.74, 6) is -4.11. The smallest absolute Gasteiger partial charge is 0.335 e. The number of azo groups is 2. The maximum Gasteiger partial charge on any atom is 0.335 e. The van der Waals surface area contributed by atoms with E-state index in [2.05, 4.69) is 25.8 Å². The Morgan fingerprint density at radius 2 is 1.11 bits per heavy atom. The highest BCUT2D eigenvalue weighted by molar-refractivity contribution is 7.86. The molecule has 55 heavy (non-hydrogen) atoms. The molecule has 0 spiro atoms. The molecule has 6 rings (SSSR count). The third-order valence-corrected chi connectivity index (χ3v) is 9.05. The van der Waals surface area contributed by atoms with Gasteiger partial charge in [-0.2, -0.15) is 8.42 Å². The zero-order chi connectivity index (χ0) is 39.6. The van der Waals surface area contributed by atoms with Crippen LogP contribution in [-0.2, 0) is 10.1 Å². The number of hydrogen-bond donors (Lipinski definition) is 6. The summed E-state index contributed by atoms with van der Waals surface area (Å²) >= 11 is 0. The number of phenolic OH excluding ortho intramolecular Hbond substituents is 1. The third-order valence-electron chi connectivity index (χ3n) is 8.18. The van der Waals surface area contributed by atoms with Gasteiger partial charge >= 0.3 is 17.9 Å². The predicted molar refractivity (Wildman–Crippen MR) is 198 cm³/mol. The van der Waals surface area contributed by atoms with Crippen LogP contribution in [0.15, 0.2) is 116 Å². The monoisotopic (exact) mass is 765 g/mol. The fourth-order valence-electron chi connectivity index (χ4n) is 5.49. The second kappa shape index (κ2) is 14.9. The quantitative estimate of drug-likeness (QED) is 0.0503. The lowest BCUT2D eigenvalue weighted by Crippen LogP contribution is -1.99. The van der Waals surface area contributed by atoms with E-state index in [0.717, 1.165) is 6.07 Å². The van der Waals surface area contributed by atoms with Gasteiger partial charge in [0.1, 0.15) is 33.5 Å². The first kappa shape index (κ1) is 37.3. The molecule has 6 N–H and O–H groups in total. The highest BCUT2D eigenvalue weighted by Crippen LogP contribution is 2.45. The molecule has 0 fully saturated rings. The van der Waals surface area contributed by atoms with Crippen molar-refractivity contribution >= 4 is 83.7 Å². The van der Waals surface area contributed by atoms with E-state index in [1.807, 2.05) is 0 Å². The number of rotatable bonds is 12. The van der Waals surface area contributed by atoms with E-state index < -0.39 is 44.4 Å². The minimum Gasteiger partial charge on any atom is -0.505 e. The molecule has 0 saturated carbocycles. The number of benzene rings is 6. The van der Waals surface area contributed by atoms with E-state index in [1.165, 1.54) is 80.9 Å². The number of anilines is 2.